The molecule has 132 valence electrons. The lowest BCUT2D eigenvalue weighted by Crippen LogP contribution is -2.31. The quantitative estimate of drug-likeness (QED) is 0.662. The summed E-state index contributed by atoms with van der Waals surface area (Å²) in [6.45, 7) is -0.328. The minimum Gasteiger partial charge on any atom is -0.468 e. The molecule has 0 amide bonds. The van der Waals surface area contributed by atoms with Gasteiger partial charge in [0, 0.05) is 6.54 Å². The van der Waals surface area contributed by atoms with Gasteiger partial charge in [0.1, 0.15) is 15.2 Å². The Bertz CT molecular complexity index is 1010. The predicted octanol–water partition coefficient (Wildman–Crippen LogP) is 2.83. The first-order chi connectivity index (χ1) is 11.9. The van der Waals surface area contributed by atoms with Crippen molar-refractivity contribution in [1.29, 1.82) is 0 Å². The van der Waals surface area contributed by atoms with Crippen LogP contribution in [0.5, 0.6) is 0 Å². The van der Waals surface area contributed by atoms with E-state index in [9.17, 15) is 16.8 Å². The molecule has 0 aliphatic rings. The van der Waals surface area contributed by atoms with Crippen molar-refractivity contribution in [3.8, 4) is 0 Å². The average Bonchev–Trinajstić information content (AvgIpc) is 3.30. The lowest BCUT2D eigenvalue weighted by atomic mass is 10.3. The molecule has 0 spiro atoms. The summed E-state index contributed by atoms with van der Waals surface area (Å²) in [5, 5.41) is 0.471. The summed E-state index contributed by atoms with van der Waals surface area (Å²) >= 11 is 1.06. The first-order valence-electron chi connectivity index (χ1n) is 7.27. The van der Waals surface area contributed by atoms with Gasteiger partial charge in [-0.2, -0.15) is 0 Å². The molecular formula is C16H15NO5S3. The Labute approximate surface area is 150 Å². The molecule has 2 heterocycles. The maximum absolute atomic E-state index is 12.9. The zero-order chi connectivity index (χ0) is 17.9. The largest absolute Gasteiger partial charge is 0.468 e. The van der Waals surface area contributed by atoms with Crippen molar-refractivity contribution in [1.82, 2.24) is 4.72 Å². The van der Waals surface area contributed by atoms with Crippen LogP contribution < -0.4 is 4.72 Å². The SMILES string of the molecule is O=S(=O)(NCC(c1ccco1)S(=O)(=O)c1ccccc1)c1cccs1. The number of furan rings is 1. The Morgan fingerprint density at radius 2 is 1.72 bits per heavy atom. The Morgan fingerprint density at radius 1 is 0.960 bits per heavy atom. The van der Waals surface area contributed by atoms with Crippen LogP contribution >= 0.6 is 11.3 Å². The topological polar surface area (TPSA) is 93.4 Å². The van der Waals surface area contributed by atoms with Gasteiger partial charge in [0.2, 0.25) is 10.0 Å². The van der Waals surface area contributed by atoms with E-state index in [0.29, 0.717) is 0 Å². The van der Waals surface area contributed by atoms with Gasteiger partial charge in [0.05, 0.1) is 11.2 Å². The van der Waals surface area contributed by atoms with E-state index >= 15 is 0 Å². The van der Waals surface area contributed by atoms with Gasteiger partial charge < -0.3 is 4.42 Å². The molecule has 1 aromatic carbocycles. The van der Waals surface area contributed by atoms with E-state index in [-0.39, 0.29) is 21.4 Å². The third-order valence-corrected chi connectivity index (χ3v) is 8.42. The van der Waals surface area contributed by atoms with Crippen LogP contribution in [-0.4, -0.2) is 23.4 Å². The second-order valence-electron chi connectivity index (χ2n) is 5.15. The van der Waals surface area contributed by atoms with Gasteiger partial charge in [-0.15, -0.1) is 11.3 Å². The fourth-order valence-corrected chi connectivity index (χ4v) is 6.08. The number of hydrogen-bond donors (Lipinski definition) is 1. The molecule has 25 heavy (non-hydrogen) atoms. The van der Waals surface area contributed by atoms with Gasteiger partial charge in [-0.1, -0.05) is 24.3 Å². The van der Waals surface area contributed by atoms with Crippen LogP contribution in [-0.2, 0) is 19.9 Å². The van der Waals surface area contributed by atoms with E-state index in [0.717, 1.165) is 11.3 Å². The molecule has 0 aliphatic carbocycles. The lowest BCUT2D eigenvalue weighted by molar-refractivity contribution is 0.487. The van der Waals surface area contributed by atoms with Crippen LogP contribution in [0.4, 0.5) is 0 Å². The summed E-state index contributed by atoms with van der Waals surface area (Å²) in [5.41, 5.74) is 0. The number of hydrogen-bond acceptors (Lipinski definition) is 6. The molecule has 0 saturated heterocycles. The van der Waals surface area contributed by atoms with Gasteiger partial charge in [-0.3, -0.25) is 0 Å². The van der Waals surface area contributed by atoms with Crippen molar-refractivity contribution < 1.29 is 21.3 Å². The molecule has 3 rings (SSSR count). The molecule has 1 unspecified atom stereocenters. The van der Waals surface area contributed by atoms with E-state index in [1.807, 2.05) is 0 Å². The van der Waals surface area contributed by atoms with Gasteiger partial charge in [0.25, 0.3) is 0 Å². The molecule has 0 bridgehead atoms. The lowest BCUT2D eigenvalue weighted by Gasteiger charge is -2.16. The summed E-state index contributed by atoms with van der Waals surface area (Å²) in [6, 6.07) is 14.0. The number of nitrogens with one attached hydrogen (secondary N) is 1. The molecule has 0 radical (unpaired) electrons. The molecule has 6 nitrogen and oxygen atoms in total. The van der Waals surface area contributed by atoms with E-state index in [2.05, 4.69) is 4.72 Å². The highest BCUT2D eigenvalue weighted by Gasteiger charge is 2.32. The molecule has 2 aromatic heterocycles. The summed E-state index contributed by atoms with van der Waals surface area (Å²) in [5.74, 6) is 0.178. The standard InChI is InChI=1S/C16H15NO5S3/c18-24(19,13-6-2-1-3-7-13)15(14-8-4-10-22-14)12-17-25(20,21)16-9-5-11-23-16/h1-11,15,17H,12H2. The number of thiophene rings is 1. The molecule has 3 aromatic rings. The number of sulfone groups is 1. The first kappa shape index (κ1) is 17.9. The van der Waals surface area contributed by atoms with Crippen LogP contribution in [0.25, 0.3) is 0 Å². The maximum Gasteiger partial charge on any atom is 0.250 e. The van der Waals surface area contributed by atoms with Gasteiger partial charge in [-0.05, 0) is 35.7 Å². The van der Waals surface area contributed by atoms with Crippen LogP contribution in [0, 0.1) is 0 Å². The van der Waals surface area contributed by atoms with E-state index < -0.39 is 25.1 Å². The highest BCUT2D eigenvalue weighted by Crippen LogP contribution is 2.29. The third kappa shape index (κ3) is 3.84. The zero-order valence-corrected chi connectivity index (χ0v) is 15.4. The average molecular weight is 397 g/mol. The van der Waals surface area contributed by atoms with Crippen LogP contribution in [0.15, 0.2) is 79.8 Å². The smallest absolute Gasteiger partial charge is 0.250 e. The minimum absolute atomic E-state index is 0.103. The fraction of sp³-hybridized carbons (Fsp3) is 0.125. The maximum atomic E-state index is 12.9. The van der Waals surface area contributed by atoms with Crippen LogP contribution in [0.3, 0.4) is 0 Å². The van der Waals surface area contributed by atoms with Crippen LogP contribution in [0.2, 0.25) is 0 Å². The second kappa shape index (κ2) is 7.12. The summed E-state index contributed by atoms with van der Waals surface area (Å²) in [7, 11) is -7.62. The Kier molecular flexibility index (Phi) is 5.09. The second-order valence-corrected chi connectivity index (χ2v) is 10.2. The van der Waals surface area contributed by atoms with E-state index in [1.54, 1.807) is 35.7 Å². The predicted molar refractivity (Wildman–Crippen MR) is 94.6 cm³/mol. The third-order valence-electron chi connectivity index (χ3n) is 3.53. The van der Waals surface area contributed by atoms with Crippen molar-refractivity contribution in [2.75, 3.05) is 6.54 Å². The Morgan fingerprint density at radius 3 is 2.32 bits per heavy atom. The van der Waals surface area contributed by atoms with Gasteiger partial charge in [0.15, 0.2) is 9.84 Å². The summed E-state index contributed by atoms with van der Waals surface area (Å²) in [6.07, 6.45) is 1.36. The summed E-state index contributed by atoms with van der Waals surface area (Å²) < 4.78 is 58.2. The zero-order valence-electron chi connectivity index (χ0n) is 12.9. The van der Waals surface area contributed by atoms with Crippen LogP contribution in [0.1, 0.15) is 11.0 Å². The van der Waals surface area contributed by atoms with Crippen molar-refractivity contribution in [3.05, 3.63) is 72.0 Å². The normalized spacial score (nSPS) is 13.6. The van der Waals surface area contributed by atoms with Gasteiger partial charge in [-0.25, -0.2) is 21.6 Å². The monoisotopic (exact) mass is 397 g/mol. The Hall–Kier alpha value is -1.94. The van der Waals surface area contributed by atoms with Crippen molar-refractivity contribution in [3.63, 3.8) is 0 Å². The molecular weight excluding hydrogens is 382 g/mol. The molecule has 9 heteroatoms. The molecule has 1 N–H and O–H groups in total. The fourth-order valence-electron chi connectivity index (χ4n) is 2.29. The van der Waals surface area contributed by atoms with Gasteiger partial charge >= 0.3 is 0 Å². The van der Waals surface area contributed by atoms with Crippen molar-refractivity contribution in [2.24, 2.45) is 0 Å². The number of rotatable bonds is 7. The molecule has 0 fully saturated rings. The molecule has 1 atom stereocenters. The van der Waals surface area contributed by atoms with Crippen molar-refractivity contribution >= 4 is 31.2 Å². The summed E-state index contributed by atoms with van der Waals surface area (Å²) in [4.78, 5) is 0.103. The van der Waals surface area contributed by atoms with Crippen molar-refractivity contribution in [2.45, 2.75) is 14.4 Å². The number of sulfonamides is 1. The highest BCUT2D eigenvalue weighted by molar-refractivity contribution is 7.92. The Balaban J connectivity index is 1.92. The number of benzene rings is 1. The van der Waals surface area contributed by atoms with E-state index in [4.69, 9.17) is 4.42 Å². The minimum atomic E-state index is -3.83. The van der Waals surface area contributed by atoms with E-state index in [1.165, 1.54) is 30.5 Å². The first-order valence-corrected chi connectivity index (χ1v) is 11.2. The molecule has 0 aliphatic heterocycles. The molecule has 0 saturated carbocycles. The highest BCUT2D eigenvalue weighted by atomic mass is 32.2.